The van der Waals surface area contributed by atoms with Crippen LogP contribution in [0.4, 0.5) is 0 Å². The lowest BCUT2D eigenvalue weighted by molar-refractivity contribution is 0.142. The maximum absolute atomic E-state index is 3.94. The van der Waals surface area contributed by atoms with Gasteiger partial charge in [0.2, 0.25) is 0 Å². The van der Waals surface area contributed by atoms with E-state index in [1.165, 1.54) is 50.0 Å². The van der Waals surface area contributed by atoms with E-state index in [0.717, 1.165) is 24.2 Å². The highest BCUT2D eigenvalue weighted by molar-refractivity contribution is 7.99. The molecule has 2 unspecified atom stereocenters. The summed E-state index contributed by atoms with van der Waals surface area (Å²) >= 11 is 2.13. The summed E-state index contributed by atoms with van der Waals surface area (Å²) in [5.41, 5.74) is 0. The molecule has 0 aromatic carbocycles. The van der Waals surface area contributed by atoms with E-state index in [-0.39, 0.29) is 0 Å². The lowest BCUT2D eigenvalue weighted by Crippen LogP contribution is -2.50. The van der Waals surface area contributed by atoms with Gasteiger partial charge in [0.25, 0.3) is 0 Å². The van der Waals surface area contributed by atoms with Crippen LogP contribution >= 0.6 is 11.8 Å². The highest BCUT2D eigenvalue weighted by Crippen LogP contribution is 2.34. The molecule has 0 radical (unpaired) electrons. The van der Waals surface area contributed by atoms with Gasteiger partial charge in [-0.2, -0.15) is 11.8 Å². The second-order valence-corrected chi connectivity index (χ2v) is 7.00. The predicted molar refractivity (Wildman–Crippen MR) is 71.1 cm³/mol. The van der Waals surface area contributed by atoms with Crippen LogP contribution in [0.3, 0.4) is 0 Å². The zero-order valence-corrected chi connectivity index (χ0v) is 11.1. The van der Waals surface area contributed by atoms with Gasteiger partial charge in [0.15, 0.2) is 0 Å². The monoisotopic (exact) mass is 240 g/mol. The van der Waals surface area contributed by atoms with Gasteiger partial charge in [0.05, 0.1) is 0 Å². The molecule has 3 heterocycles. The van der Waals surface area contributed by atoms with Gasteiger partial charge < -0.3 is 10.2 Å². The van der Waals surface area contributed by atoms with Gasteiger partial charge in [-0.3, -0.25) is 0 Å². The lowest BCUT2D eigenvalue weighted by atomic mass is 9.96. The number of hydrogen-bond donors (Lipinski definition) is 1. The molecule has 0 spiro atoms. The smallest absolute Gasteiger partial charge is 0.0111 e. The summed E-state index contributed by atoms with van der Waals surface area (Å²) in [6.45, 7) is 0. The van der Waals surface area contributed by atoms with Gasteiger partial charge in [-0.25, -0.2) is 0 Å². The second kappa shape index (κ2) is 4.87. The molecule has 2 nitrogen and oxygen atoms in total. The molecule has 1 N–H and O–H groups in total. The third-order valence-electron chi connectivity index (χ3n) is 4.79. The van der Waals surface area contributed by atoms with Crippen molar-refractivity contribution in [2.45, 2.75) is 62.7 Å². The van der Waals surface area contributed by atoms with Crippen LogP contribution in [-0.2, 0) is 0 Å². The number of piperidine rings is 1. The average Bonchev–Trinajstić information content (AvgIpc) is 2.54. The largest absolute Gasteiger partial charge is 0.311 e. The molecule has 16 heavy (non-hydrogen) atoms. The average molecular weight is 240 g/mol. The molecule has 0 saturated carbocycles. The molecule has 92 valence electrons. The Hall–Kier alpha value is 0.270. The van der Waals surface area contributed by atoms with E-state index in [1.807, 2.05) is 0 Å². The Morgan fingerprint density at radius 2 is 1.56 bits per heavy atom. The molecule has 3 fully saturated rings. The molecule has 3 aliphatic heterocycles. The molecule has 2 bridgehead atoms. The molecule has 3 rings (SSSR count). The number of thioether (sulfide) groups is 1. The summed E-state index contributed by atoms with van der Waals surface area (Å²) in [6.07, 6.45) is 8.48. The van der Waals surface area contributed by atoms with Crippen LogP contribution < -0.4 is 5.32 Å². The Kier molecular flexibility index (Phi) is 3.46. The first-order chi connectivity index (χ1) is 7.83. The summed E-state index contributed by atoms with van der Waals surface area (Å²) in [4.78, 5) is 2.63. The predicted octanol–water partition coefficient (Wildman–Crippen LogP) is 2.10. The van der Waals surface area contributed by atoms with Crippen LogP contribution in [0.5, 0.6) is 0 Å². The Morgan fingerprint density at radius 1 is 0.938 bits per heavy atom. The third-order valence-corrected chi connectivity index (χ3v) is 5.84. The van der Waals surface area contributed by atoms with Crippen LogP contribution in [0, 0.1) is 0 Å². The van der Waals surface area contributed by atoms with Crippen LogP contribution in [0.2, 0.25) is 0 Å². The molecule has 0 aromatic heterocycles. The maximum atomic E-state index is 3.94. The van der Waals surface area contributed by atoms with Crippen LogP contribution in [0.15, 0.2) is 0 Å². The fourth-order valence-corrected chi connectivity index (χ4v) is 4.85. The van der Waals surface area contributed by atoms with Crippen molar-refractivity contribution in [3.63, 3.8) is 0 Å². The summed E-state index contributed by atoms with van der Waals surface area (Å²) in [5, 5.41) is 3.94. The van der Waals surface area contributed by atoms with E-state index in [9.17, 15) is 0 Å². The summed E-state index contributed by atoms with van der Waals surface area (Å²) in [7, 11) is 2.33. The Balaban J connectivity index is 1.53. The number of hydrogen-bond acceptors (Lipinski definition) is 3. The Morgan fingerprint density at radius 3 is 2.19 bits per heavy atom. The minimum atomic E-state index is 0.821. The van der Waals surface area contributed by atoms with Gasteiger partial charge >= 0.3 is 0 Å². The minimum Gasteiger partial charge on any atom is -0.311 e. The summed E-state index contributed by atoms with van der Waals surface area (Å²) in [6, 6.07) is 3.42. The number of rotatable bonds is 2. The Labute approximate surface area is 104 Å². The van der Waals surface area contributed by atoms with Crippen molar-refractivity contribution in [3.8, 4) is 0 Å². The molecule has 3 saturated heterocycles. The van der Waals surface area contributed by atoms with Gasteiger partial charge in [-0.1, -0.05) is 0 Å². The molecule has 3 heteroatoms. The number of nitrogens with zero attached hydrogens (tertiary/aromatic N) is 1. The van der Waals surface area contributed by atoms with E-state index in [0.29, 0.717) is 0 Å². The van der Waals surface area contributed by atoms with Crippen molar-refractivity contribution >= 4 is 11.8 Å². The Bertz CT molecular complexity index is 226. The van der Waals surface area contributed by atoms with Crippen molar-refractivity contribution in [3.05, 3.63) is 0 Å². The fraction of sp³-hybridized carbons (Fsp3) is 1.00. The molecule has 2 atom stereocenters. The highest BCUT2D eigenvalue weighted by Gasteiger charge is 2.38. The van der Waals surface area contributed by atoms with Crippen molar-refractivity contribution < 1.29 is 0 Å². The van der Waals surface area contributed by atoms with E-state index >= 15 is 0 Å². The quantitative estimate of drug-likeness (QED) is 0.796. The molecular formula is C13H24N2S. The van der Waals surface area contributed by atoms with E-state index in [2.05, 4.69) is 29.0 Å². The highest BCUT2D eigenvalue weighted by atomic mass is 32.2. The van der Waals surface area contributed by atoms with Crippen molar-refractivity contribution in [2.24, 2.45) is 0 Å². The molecule has 0 amide bonds. The second-order valence-electron chi connectivity index (χ2n) is 5.77. The zero-order chi connectivity index (χ0) is 11.0. The normalized spacial score (nSPS) is 41.4. The summed E-state index contributed by atoms with van der Waals surface area (Å²) < 4.78 is 0. The first kappa shape index (κ1) is 11.4. The first-order valence-corrected chi connectivity index (χ1v) is 8.04. The molecular weight excluding hydrogens is 216 g/mol. The number of fused-ring (bicyclic) bond motifs is 2. The van der Waals surface area contributed by atoms with Gasteiger partial charge in [0, 0.05) is 24.2 Å². The SMILES string of the molecule is CN1C2CCC1CC(NC1CCSCC1)C2. The van der Waals surface area contributed by atoms with E-state index in [4.69, 9.17) is 0 Å². The maximum Gasteiger partial charge on any atom is 0.0111 e. The zero-order valence-electron chi connectivity index (χ0n) is 10.3. The molecule has 0 aromatic rings. The van der Waals surface area contributed by atoms with Crippen molar-refractivity contribution in [1.29, 1.82) is 0 Å². The van der Waals surface area contributed by atoms with Gasteiger partial charge in [-0.05, 0) is 57.1 Å². The van der Waals surface area contributed by atoms with Crippen molar-refractivity contribution in [2.75, 3.05) is 18.6 Å². The standard InChI is InChI=1S/C13H24N2S/c1-15-12-2-3-13(15)9-11(8-12)14-10-4-6-16-7-5-10/h10-14H,2-9H2,1H3. The topological polar surface area (TPSA) is 15.3 Å². The first-order valence-electron chi connectivity index (χ1n) is 6.88. The third kappa shape index (κ3) is 2.27. The van der Waals surface area contributed by atoms with Crippen molar-refractivity contribution in [1.82, 2.24) is 10.2 Å². The van der Waals surface area contributed by atoms with E-state index < -0.39 is 0 Å². The summed E-state index contributed by atoms with van der Waals surface area (Å²) in [5.74, 6) is 2.74. The fourth-order valence-electron chi connectivity index (χ4n) is 3.75. The van der Waals surface area contributed by atoms with Crippen LogP contribution in [-0.4, -0.2) is 47.6 Å². The molecule has 0 aliphatic carbocycles. The molecule has 3 aliphatic rings. The minimum absolute atomic E-state index is 0.821. The number of nitrogens with one attached hydrogen (secondary N) is 1. The van der Waals surface area contributed by atoms with Crippen LogP contribution in [0.25, 0.3) is 0 Å². The van der Waals surface area contributed by atoms with Gasteiger partial charge in [0.1, 0.15) is 0 Å². The lowest BCUT2D eigenvalue weighted by Gasteiger charge is -2.39. The van der Waals surface area contributed by atoms with Crippen LogP contribution in [0.1, 0.15) is 38.5 Å². The van der Waals surface area contributed by atoms with Gasteiger partial charge in [-0.15, -0.1) is 0 Å². The van der Waals surface area contributed by atoms with E-state index in [1.54, 1.807) is 0 Å².